The van der Waals surface area contributed by atoms with Gasteiger partial charge in [-0.15, -0.1) is 0 Å². The zero-order chi connectivity index (χ0) is 18.8. The summed E-state index contributed by atoms with van der Waals surface area (Å²) in [5.41, 5.74) is 2.22. The van der Waals surface area contributed by atoms with Crippen molar-refractivity contribution in [3.8, 4) is 0 Å². The lowest BCUT2D eigenvalue weighted by Crippen LogP contribution is -2.33. The lowest BCUT2D eigenvalue weighted by atomic mass is 10.2. The number of nitrogens with zero attached hydrogens (tertiary/aromatic N) is 4. The summed E-state index contributed by atoms with van der Waals surface area (Å²) in [6.45, 7) is 3.43. The van der Waals surface area contributed by atoms with E-state index in [4.69, 9.17) is 0 Å². The molecule has 0 saturated heterocycles. The van der Waals surface area contributed by atoms with E-state index in [0.717, 1.165) is 16.6 Å². The van der Waals surface area contributed by atoms with E-state index in [0.29, 0.717) is 25.0 Å². The Morgan fingerprint density at radius 1 is 1.07 bits per heavy atom. The van der Waals surface area contributed by atoms with Crippen LogP contribution in [0.2, 0.25) is 0 Å². The first-order valence-corrected chi connectivity index (χ1v) is 8.87. The molecule has 0 unspecified atom stereocenters. The minimum atomic E-state index is -0.461. The number of fused-ring (bicyclic) bond motifs is 2. The highest BCUT2D eigenvalue weighted by Crippen LogP contribution is 2.11. The number of nitrogens with one attached hydrogen (secondary N) is 1. The third kappa shape index (κ3) is 3.08. The van der Waals surface area contributed by atoms with E-state index < -0.39 is 5.91 Å². The Morgan fingerprint density at radius 3 is 2.63 bits per heavy atom. The molecule has 136 valence electrons. The molecule has 0 atom stereocenters. The summed E-state index contributed by atoms with van der Waals surface area (Å²) < 4.78 is 3.64. The Morgan fingerprint density at radius 2 is 1.81 bits per heavy atom. The lowest BCUT2D eigenvalue weighted by Gasteiger charge is -2.10. The fourth-order valence-corrected chi connectivity index (χ4v) is 3.19. The van der Waals surface area contributed by atoms with Gasteiger partial charge in [0, 0.05) is 25.0 Å². The first-order chi connectivity index (χ1) is 13.2. The van der Waals surface area contributed by atoms with Gasteiger partial charge in [0.05, 0.1) is 22.9 Å². The molecule has 7 heteroatoms. The number of carbonyl (C=O) groups excluding carboxylic acids is 1. The summed E-state index contributed by atoms with van der Waals surface area (Å²) in [5, 5.41) is 7.55. The number of aryl methyl sites for hydroxylation is 1. The molecule has 0 aliphatic heterocycles. The fraction of sp³-hybridized carbons (Fsp3) is 0.200. The zero-order valence-corrected chi connectivity index (χ0v) is 14.9. The molecule has 4 aromatic rings. The van der Waals surface area contributed by atoms with E-state index in [2.05, 4.69) is 15.4 Å². The third-order valence-corrected chi connectivity index (χ3v) is 4.54. The van der Waals surface area contributed by atoms with E-state index in [-0.39, 0.29) is 11.1 Å². The topological polar surface area (TPSA) is 81.8 Å². The molecule has 2 heterocycles. The molecule has 0 aliphatic rings. The number of aromatic nitrogens is 4. The highest BCUT2D eigenvalue weighted by atomic mass is 16.2. The van der Waals surface area contributed by atoms with Crippen LogP contribution in [0.5, 0.6) is 0 Å². The van der Waals surface area contributed by atoms with Gasteiger partial charge in [-0.3, -0.25) is 14.3 Å². The minimum Gasteiger partial charge on any atom is -0.349 e. The maximum absolute atomic E-state index is 12.7. The van der Waals surface area contributed by atoms with Crippen molar-refractivity contribution in [1.82, 2.24) is 24.6 Å². The number of hydrogen-bond acceptors (Lipinski definition) is 4. The number of benzene rings is 2. The maximum Gasteiger partial charge on any atom is 0.275 e. The number of amides is 1. The van der Waals surface area contributed by atoms with Crippen LogP contribution >= 0.6 is 0 Å². The van der Waals surface area contributed by atoms with Crippen molar-refractivity contribution in [3.05, 3.63) is 70.8 Å². The van der Waals surface area contributed by atoms with Crippen molar-refractivity contribution in [2.75, 3.05) is 6.54 Å². The maximum atomic E-state index is 12.7. The molecule has 0 bridgehead atoms. The molecule has 27 heavy (non-hydrogen) atoms. The first-order valence-electron chi connectivity index (χ1n) is 8.87. The zero-order valence-electron chi connectivity index (χ0n) is 14.9. The van der Waals surface area contributed by atoms with E-state index in [1.807, 2.05) is 47.9 Å². The Labute approximate surface area is 155 Å². The second-order valence-electron chi connectivity index (χ2n) is 6.19. The highest BCUT2D eigenvalue weighted by Gasteiger charge is 2.16. The van der Waals surface area contributed by atoms with Gasteiger partial charge in [0.15, 0.2) is 5.69 Å². The molecular weight excluding hydrogens is 342 g/mol. The van der Waals surface area contributed by atoms with E-state index >= 15 is 0 Å². The number of carbonyl (C=O) groups is 1. The molecule has 1 N–H and O–H groups in total. The molecule has 1 amide bonds. The normalized spacial score (nSPS) is 11.1. The third-order valence-electron chi connectivity index (χ3n) is 4.54. The van der Waals surface area contributed by atoms with Gasteiger partial charge in [0.25, 0.3) is 5.91 Å². The Kier molecular flexibility index (Phi) is 4.42. The predicted octanol–water partition coefficient (Wildman–Crippen LogP) is 2.20. The number of rotatable bonds is 5. The van der Waals surface area contributed by atoms with Crippen LogP contribution < -0.4 is 10.7 Å². The average molecular weight is 361 g/mol. The summed E-state index contributed by atoms with van der Waals surface area (Å²) in [4.78, 5) is 29.5. The van der Waals surface area contributed by atoms with Crippen molar-refractivity contribution >= 4 is 27.8 Å². The summed E-state index contributed by atoms with van der Waals surface area (Å²) in [6, 6.07) is 15.0. The standard InChI is InChI=1S/C20H19N5O2/c1-2-25-16-9-5-3-7-14(16)19(26)18(23-25)20(27)21-11-12-24-13-22-15-8-4-6-10-17(15)24/h3-10,13H,2,11-12H2,1H3,(H,21,27). The quantitative estimate of drug-likeness (QED) is 0.591. The van der Waals surface area contributed by atoms with Gasteiger partial charge in [0.2, 0.25) is 5.43 Å². The molecule has 0 radical (unpaired) electrons. The van der Waals surface area contributed by atoms with Crippen molar-refractivity contribution in [2.45, 2.75) is 20.0 Å². The van der Waals surface area contributed by atoms with Gasteiger partial charge in [-0.05, 0) is 31.2 Å². The van der Waals surface area contributed by atoms with Crippen LogP contribution in [0.3, 0.4) is 0 Å². The molecule has 0 fully saturated rings. The molecule has 7 nitrogen and oxygen atoms in total. The monoisotopic (exact) mass is 361 g/mol. The van der Waals surface area contributed by atoms with Gasteiger partial charge in [-0.2, -0.15) is 5.10 Å². The van der Waals surface area contributed by atoms with Crippen molar-refractivity contribution in [3.63, 3.8) is 0 Å². The second kappa shape index (κ2) is 7.03. The van der Waals surface area contributed by atoms with Crippen LogP contribution in [-0.4, -0.2) is 31.8 Å². The summed E-state index contributed by atoms with van der Waals surface area (Å²) in [5.74, 6) is -0.461. The van der Waals surface area contributed by atoms with Crippen molar-refractivity contribution in [2.24, 2.45) is 0 Å². The van der Waals surface area contributed by atoms with Crippen LogP contribution in [-0.2, 0) is 13.1 Å². The Bertz CT molecular complexity index is 1190. The van der Waals surface area contributed by atoms with Crippen LogP contribution in [0, 0.1) is 0 Å². The number of imidazole rings is 1. The summed E-state index contributed by atoms with van der Waals surface area (Å²) in [7, 11) is 0. The van der Waals surface area contributed by atoms with Crippen LogP contribution in [0.1, 0.15) is 17.4 Å². The van der Waals surface area contributed by atoms with Gasteiger partial charge in [-0.25, -0.2) is 4.98 Å². The van der Waals surface area contributed by atoms with Gasteiger partial charge in [0.1, 0.15) is 0 Å². The fourth-order valence-electron chi connectivity index (χ4n) is 3.19. The molecule has 0 spiro atoms. The smallest absolute Gasteiger partial charge is 0.275 e. The molecule has 4 rings (SSSR count). The number of para-hydroxylation sites is 3. The Balaban J connectivity index is 1.55. The molecule has 2 aromatic carbocycles. The average Bonchev–Trinajstić information content (AvgIpc) is 3.12. The van der Waals surface area contributed by atoms with Gasteiger partial charge >= 0.3 is 0 Å². The van der Waals surface area contributed by atoms with E-state index in [1.165, 1.54) is 0 Å². The van der Waals surface area contributed by atoms with E-state index in [9.17, 15) is 9.59 Å². The lowest BCUT2D eigenvalue weighted by molar-refractivity contribution is 0.0944. The first kappa shape index (κ1) is 17.0. The summed E-state index contributed by atoms with van der Waals surface area (Å²) >= 11 is 0. The van der Waals surface area contributed by atoms with E-state index in [1.54, 1.807) is 23.1 Å². The largest absolute Gasteiger partial charge is 0.349 e. The Hall–Kier alpha value is -3.48. The minimum absolute atomic E-state index is 0.0777. The van der Waals surface area contributed by atoms with Crippen molar-refractivity contribution in [1.29, 1.82) is 0 Å². The SMILES string of the molecule is CCn1nc(C(=O)NCCn2cnc3ccccc32)c(=O)c2ccccc21. The molecular formula is C20H19N5O2. The number of hydrogen-bond donors (Lipinski definition) is 1. The van der Waals surface area contributed by atoms with Crippen LogP contribution in [0.25, 0.3) is 21.9 Å². The molecule has 0 aliphatic carbocycles. The highest BCUT2D eigenvalue weighted by molar-refractivity contribution is 5.95. The molecule has 2 aromatic heterocycles. The molecule has 0 saturated carbocycles. The summed E-state index contributed by atoms with van der Waals surface area (Å²) in [6.07, 6.45) is 1.75. The van der Waals surface area contributed by atoms with Crippen LogP contribution in [0.4, 0.5) is 0 Å². The van der Waals surface area contributed by atoms with Gasteiger partial charge in [-0.1, -0.05) is 24.3 Å². The van der Waals surface area contributed by atoms with Crippen LogP contribution in [0.15, 0.2) is 59.7 Å². The van der Waals surface area contributed by atoms with Crippen molar-refractivity contribution < 1.29 is 4.79 Å². The van der Waals surface area contributed by atoms with Gasteiger partial charge < -0.3 is 9.88 Å². The predicted molar refractivity (Wildman–Crippen MR) is 104 cm³/mol. The second-order valence-corrected chi connectivity index (χ2v) is 6.19.